The Morgan fingerprint density at radius 2 is 1.84 bits per heavy atom. The Hall–Kier alpha value is -5.27. The standard InChI is InChI=1S/C51H59FN6O9S2/c1-31(2)38-6-4-5-7-39(38)44-30-65-19-18-57(44)34-25-51(26-34)14-16-56(17-15-51)33-8-9-40(45(21-33)67-35-22-41-42(52)28-54-48(41)53-27-35)49(59)55-69(63,64)37-23-43(58(61)62)47-46(24-37)66-29-36(68-47)20-32-10-12-50(3,60)13-11-32/h4-9,21-24,27-28,31-32,34,36,44,60H,10-20,25-26,29-30H2,1-3H3,(H,53,54)(H,55,59)/t32-,36-,44-,50-/m0/s1. The summed E-state index contributed by atoms with van der Waals surface area (Å²) in [6, 6.07) is 18.0. The topological polar surface area (TPSA) is 189 Å². The molecule has 3 N–H and O–H groups in total. The van der Waals surface area contributed by atoms with Crippen LogP contribution in [0.3, 0.4) is 0 Å². The summed E-state index contributed by atoms with van der Waals surface area (Å²) in [5, 5.41) is 22.9. The maximum Gasteiger partial charge on any atom is 0.288 e. The van der Waals surface area contributed by atoms with Crippen LogP contribution in [0.4, 0.5) is 15.8 Å². The molecule has 5 aromatic rings. The molecule has 2 atom stereocenters. The van der Waals surface area contributed by atoms with Crippen molar-refractivity contribution >= 4 is 50.1 Å². The number of sulfonamides is 1. The van der Waals surface area contributed by atoms with Crippen molar-refractivity contribution in [2.45, 2.75) is 117 Å². The molecule has 0 unspecified atom stereocenters. The molecule has 2 saturated carbocycles. The number of aromatic nitrogens is 2. The lowest BCUT2D eigenvalue weighted by molar-refractivity contribution is -0.388. The van der Waals surface area contributed by atoms with Gasteiger partial charge < -0.3 is 29.2 Å². The average molecular weight is 983 g/mol. The zero-order chi connectivity index (χ0) is 48.2. The predicted molar refractivity (Wildman–Crippen MR) is 260 cm³/mol. The number of ether oxygens (including phenoxy) is 3. The summed E-state index contributed by atoms with van der Waals surface area (Å²) in [5.41, 5.74) is 2.77. The second-order valence-electron chi connectivity index (χ2n) is 20.3. The number of hydrogen-bond acceptors (Lipinski definition) is 13. The van der Waals surface area contributed by atoms with Gasteiger partial charge in [0.2, 0.25) is 0 Å². The lowest BCUT2D eigenvalue weighted by Crippen LogP contribution is -2.58. The first-order chi connectivity index (χ1) is 33.0. The summed E-state index contributed by atoms with van der Waals surface area (Å²) in [6.45, 7) is 10.4. The Morgan fingerprint density at radius 1 is 1.07 bits per heavy atom. The molecule has 1 spiro atoms. The number of pyridine rings is 1. The van der Waals surface area contributed by atoms with Crippen molar-refractivity contribution in [2.24, 2.45) is 11.3 Å². The maximum absolute atomic E-state index is 14.7. The highest BCUT2D eigenvalue weighted by Gasteiger charge is 2.50. The average Bonchev–Trinajstić information content (AvgIpc) is 3.70. The van der Waals surface area contributed by atoms with E-state index in [4.69, 9.17) is 14.2 Å². The van der Waals surface area contributed by atoms with Crippen LogP contribution in [-0.4, -0.2) is 95.6 Å². The maximum atomic E-state index is 14.7. The van der Waals surface area contributed by atoms with Gasteiger partial charge >= 0.3 is 0 Å². The Balaban J connectivity index is 0.855. The lowest BCUT2D eigenvalue weighted by Gasteiger charge is -2.57. The minimum Gasteiger partial charge on any atom is -0.491 e. The van der Waals surface area contributed by atoms with Gasteiger partial charge in [0, 0.05) is 61.0 Å². The quantitative estimate of drug-likeness (QED) is 0.0792. The second kappa shape index (κ2) is 18.8. The molecular formula is C51H59FN6O9S2. The molecule has 2 saturated heterocycles. The third-order valence-electron chi connectivity index (χ3n) is 15.3. The van der Waals surface area contributed by atoms with E-state index in [9.17, 15) is 32.8 Å². The molecular weight excluding hydrogens is 924 g/mol. The molecule has 1 amide bonds. The molecule has 0 radical (unpaired) electrons. The van der Waals surface area contributed by atoms with Gasteiger partial charge in [-0.3, -0.25) is 19.8 Å². The number of fused-ring (bicyclic) bond motifs is 2. The van der Waals surface area contributed by atoms with E-state index >= 15 is 0 Å². The SMILES string of the molecule is CC(C)c1ccccc1[C@@H]1COCCN1C1CC2(CCN(c3ccc(C(=O)NS(=O)(=O)c4cc5c(c([N+](=O)[O-])c4)S[C@@H](C[C@H]4CC[C@](C)(O)CC4)CO5)c(Oc4cnc5[nH]cc(F)c5c4)c3)CC2)C1. The summed E-state index contributed by atoms with van der Waals surface area (Å²) < 4.78 is 63.1. The van der Waals surface area contributed by atoms with E-state index in [0.717, 1.165) is 82.9 Å². The molecule has 69 heavy (non-hydrogen) atoms. The Kier molecular flexibility index (Phi) is 12.9. The monoisotopic (exact) mass is 982 g/mol. The number of amides is 1. The van der Waals surface area contributed by atoms with E-state index < -0.39 is 42.9 Å². The fraction of sp³-hybridized carbons (Fsp3) is 0.490. The van der Waals surface area contributed by atoms with Crippen LogP contribution in [0.1, 0.15) is 112 Å². The predicted octanol–water partition coefficient (Wildman–Crippen LogP) is 9.65. The van der Waals surface area contributed by atoms with Crippen molar-refractivity contribution in [3.05, 3.63) is 106 Å². The van der Waals surface area contributed by atoms with Gasteiger partial charge in [0.25, 0.3) is 21.6 Å². The number of carbonyl (C=O) groups excluding carboxylic acids is 1. The summed E-state index contributed by atoms with van der Waals surface area (Å²) in [6.07, 6.45) is 10.5. The highest BCUT2D eigenvalue weighted by atomic mass is 32.2. The van der Waals surface area contributed by atoms with Crippen LogP contribution in [0.15, 0.2) is 82.8 Å². The number of carbonyl (C=O) groups is 1. The van der Waals surface area contributed by atoms with Crippen molar-refractivity contribution < 1.29 is 41.8 Å². The molecule has 2 aliphatic carbocycles. The Labute approximate surface area is 405 Å². The first-order valence-corrected chi connectivity index (χ1v) is 26.4. The number of benzene rings is 3. The van der Waals surface area contributed by atoms with E-state index in [0.29, 0.717) is 43.0 Å². The van der Waals surface area contributed by atoms with Crippen molar-refractivity contribution in [3.63, 3.8) is 0 Å². The number of nitro groups is 1. The van der Waals surface area contributed by atoms with Crippen LogP contribution in [0, 0.1) is 27.3 Å². The highest BCUT2D eigenvalue weighted by molar-refractivity contribution is 8.00. The number of rotatable bonds is 12. The van der Waals surface area contributed by atoms with Crippen LogP contribution < -0.4 is 19.1 Å². The van der Waals surface area contributed by atoms with Gasteiger partial charge in [-0.05, 0) is 111 Å². The number of nitrogens with zero attached hydrogens (tertiary/aromatic N) is 4. The second-order valence-corrected chi connectivity index (χ2v) is 23.3. The fourth-order valence-corrected chi connectivity index (χ4v) is 13.6. The first-order valence-electron chi connectivity index (χ1n) is 24.1. The Morgan fingerprint density at radius 3 is 2.59 bits per heavy atom. The number of anilines is 1. The van der Waals surface area contributed by atoms with Gasteiger partial charge in [0.1, 0.15) is 40.2 Å². The normalized spacial score (nSPS) is 24.1. The summed E-state index contributed by atoms with van der Waals surface area (Å²) in [4.78, 5) is 37.6. The van der Waals surface area contributed by atoms with Gasteiger partial charge in [-0.2, -0.15) is 0 Å². The zero-order valence-corrected chi connectivity index (χ0v) is 40.8. The number of hydrogen-bond donors (Lipinski definition) is 3. The van der Waals surface area contributed by atoms with E-state index in [-0.39, 0.29) is 56.4 Å². The minimum absolute atomic E-state index is 0.0186. The van der Waals surface area contributed by atoms with Crippen LogP contribution >= 0.6 is 11.8 Å². The molecule has 10 rings (SSSR count). The van der Waals surface area contributed by atoms with Crippen molar-refractivity contribution in [1.29, 1.82) is 0 Å². The minimum atomic E-state index is -4.70. The number of H-pyrrole nitrogens is 1. The van der Waals surface area contributed by atoms with Crippen LogP contribution in [0.5, 0.6) is 17.2 Å². The number of aromatic amines is 1. The van der Waals surface area contributed by atoms with Crippen molar-refractivity contribution in [1.82, 2.24) is 19.6 Å². The molecule has 366 valence electrons. The van der Waals surface area contributed by atoms with E-state index in [2.05, 4.69) is 62.6 Å². The number of aliphatic hydroxyl groups is 1. The summed E-state index contributed by atoms with van der Waals surface area (Å²) >= 11 is 1.30. The summed E-state index contributed by atoms with van der Waals surface area (Å²) in [7, 11) is -4.70. The molecule has 15 nitrogen and oxygen atoms in total. The third kappa shape index (κ3) is 9.79. The molecule has 0 bridgehead atoms. The van der Waals surface area contributed by atoms with Crippen molar-refractivity contribution in [2.75, 3.05) is 44.4 Å². The summed E-state index contributed by atoms with van der Waals surface area (Å²) in [5.74, 6) is -0.626. The molecule has 18 heteroatoms. The zero-order valence-electron chi connectivity index (χ0n) is 39.1. The number of thioether (sulfide) groups is 1. The van der Waals surface area contributed by atoms with E-state index in [1.165, 1.54) is 53.5 Å². The number of nitro benzene ring substituents is 1. The van der Waals surface area contributed by atoms with E-state index in [1.807, 2.05) is 6.92 Å². The number of halogens is 1. The number of nitrogens with one attached hydrogen (secondary N) is 2. The molecule has 3 aromatic carbocycles. The van der Waals surface area contributed by atoms with Gasteiger partial charge in [-0.15, -0.1) is 11.8 Å². The van der Waals surface area contributed by atoms with Crippen LogP contribution in [0.25, 0.3) is 11.0 Å². The third-order valence-corrected chi connectivity index (χ3v) is 17.9. The molecule has 4 fully saturated rings. The van der Waals surface area contributed by atoms with Gasteiger partial charge in [0.05, 0.1) is 51.8 Å². The number of piperidine rings is 1. The Bertz CT molecular complexity index is 2870. The molecule has 5 aliphatic rings. The van der Waals surface area contributed by atoms with Gasteiger partial charge in [-0.25, -0.2) is 22.5 Å². The smallest absolute Gasteiger partial charge is 0.288 e. The molecule has 3 aliphatic heterocycles. The largest absolute Gasteiger partial charge is 0.491 e. The van der Waals surface area contributed by atoms with Crippen molar-refractivity contribution in [3.8, 4) is 17.2 Å². The van der Waals surface area contributed by atoms with Crippen LogP contribution in [0.2, 0.25) is 0 Å². The molecule has 5 heterocycles. The lowest BCUT2D eigenvalue weighted by atomic mass is 9.59. The first kappa shape index (κ1) is 47.4. The fourth-order valence-electron chi connectivity index (χ4n) is 11.3. The highest BCUT2D eigenvalue weighted by Crippen LogP contribution is 2.54. The number of morpholine rings is 1. The van der Waals surface area contributed by atoms with E-state index in [1.54, 1.807) is 12.1 Å². The van der Waals surface area contributed by atoms with Gasteiger partial charge in [0.15, 0.2) is 0 Å². The van der Waals surface area contributed by atoms with Crippen LogP contribution in [-0.2, 0) is 14.8 Å². The van der Waals surface area contributed by atoms with Gasteiger partial charge in [-0.1, -0.05) is 38.1 Å². The molecule has 2 aromatic heterocycles.